The van der Waals surface area contributed by atoms with Crippen LogP contribution in [0, 0.1) is 0 Å². The SMILES string of the molecule is COc1ccc(CN(C(=O)CC2COCCN2)C2CCS(=O)(=O)C2)cc1. The molecule has 2 saturated heterocycles. The average Bonchev–Trinajstić information content (AvgIpc) is 3.00. The van der Waals surface area contributed by atoms with Crippen LogP contribution in [-0.2, 0) is 25.9 Å². The van der Waals surface area contributed by atoms with Gasteiger partial charge in [0.05, 0.1) is 31.8 Å². The number of rotatable bonds is 6. The van der Waals surface area contributed by atoms with Crippen LogP contribution in [0.1, 0.15) is 18.4 Å². The molecule has 26 heavy (non-hydrogen) atoms. The highest BCUT2D eigenvalue weighted by Gasteiger charge is 2.35. The van der Waals surface area contributed by atoms with E-state index in [0.29, 0.717) is 32.6 Å². The Labute approximate surface area is 154 Å². The Bertz CT molecular complexity index is 714. The maximum atomic E-state index is 12.9. The van der Waals surface area contributed by atoms with Crippen molar-refractivity contribution in [2.75, 3.05) is 38.4 Å². The lowest BCUT2D eigenvalue weighted by atomic mass is 10.1. The van der Waals surface area contributed by atoms with Crippen LogP contribution >= 0.6 is 0 Å². The number of ether oxygens (including phenoxy) is 2. The van der Waals surface area contributed by atoms with Crippen LogP contribution in [0.4, 0.5) is 0 Å². The maximum absolute atomic E-state index is 12.9. The van der Waals surface area contributed by atoms with E-state index in [1.165, 1.54) is 0 Å². The molecule has 1 aromatic carbocycles. The van der Waals surface area contributed by atoms with Gasteiger partial charge in [-0.3, -0.25) is 4.79 Å². The van der Waals surface area contributed by atoms with Crippen LogP contribution in [0.15, 0.2) is 24.3 Å². The fourth-order valence-electron chi connectivity index (χ4n) is 3.45. The predicted molar refractivity (Wildman–Crippen MR) is 97.8 cm³/mol. The minimum absolute atomic E-state index is 0.0207. The Hall–Kier alpha value is -1.64. The molecule has 2 unspecified atom stereocenters. The third-order valence-electron chi connectivity index (χ3n) is 4.90. The van der Waals surface area contributed by atoms with Gasteiger partial charge < -0.3 is 19.7 Å². The van der Waals surface area contributed by atoms with Crippen molar-refractivity contribution < 1.29 is 22.7 Å². The van der Waals surface area contributed by atoms with Crippen molar-refractivity contribution in [3.05, 3.63) is 29.8 Å². The fraction of sp³-hybridized carbons (Fsp3) is 0.611. The number of nitrogens with zero attached hydrogens (tertiary/aromatic N) is 1. The molecule has 1 N–H and O–H groups in total. The molecule has 2 aliphatic heterocycles. The zero-order chi connectivity index (χ0) is 18.6. The molecule has 0 spiro atoms. The van der Waals surface area contributed by atoms with E-state index in [2.05, 4.69) is 5.32 Å². The minimum Gasteiger partial charge on any atom is -0.497 e. The van der Waals surface area contributed by atoms with Crippen molar-refractivity contribution in [3.8, 4) is 5.75 Å². The molecule has 2 aliphatic rings. The summed E-state index contributed by atoms with van der Waals surface area (Å²) in [5.41, 5.74) is 0.955. The Morgan fingerprint density at radius 1 is 1.35 bits per heavy atom. The van der Waals surface area contributed by atoms with Gasteiger partial charge in [0.15, 0.2) is 9.84 Å². The van der Waals surface area contributed by atoms with Gasteiger partial charge in [0, 0.05) is 31.6 Å². The van der Waals surface area contributed by atoms with Crippen LogP contribution < -0.4 is 10.1 Å². The summed E-state index contributed by atoms with van der Waals surface area (Å²) in [7, 11) is -1.46. The summed E-state index contributed by atoms with van der Waals surface area (Å²) in [4.78, 5) is 14.7. The summed E-state index contributed by atoms with van der Waals surface area (Å²) in [6.45, 7) is 2.29. The van der Waals surface area contributed by atoms with E-state index in [9.17, 15) is 13.2 Å². The van der Waals surface area contributed by atoms with Crippen molar-refractivity contribution in [3.63, 3.8) is 0 Å². The number of carbonyl (C=O) groups is 1. The van der Waals surface area contributed by atoms with Gasteiger partial charge in [0.1, 0.15) is 5.75 Å². The zero-order valence-corrected chi connectivity index (χ0v) is 15.8. The van der Waals surface area contributed by atoms with Crippen molar-refractivity contribution in [1.82, 2.24) is 10.2 Å². The van der Waals surface area contributed by atoms with Crippen molar-refractivity contribution in [1.29, 1.82) is 0 Å². The van der Waals surface area contributed by atoms with E-state index < -0.39 is 9.84 Å². The molecule has 0 saturated carbocycles. The van der Waals surface area contributed by atoms with Gasteiger partial charge in [-0.15, -0.1) is 0 Å². The highest BCUT2D eigenvalue weighted by Crippen LogP contribution is 2.22. The Balaban J connectivity index is 1.73. The monoisotopic (exact) mass is 382 g/mol. The van der Waals surface area contributed by atoms with Gasteiger partial charge in [0.2, 0.25) is 5.91 Å². The van der Waals surface area contributed by atoms with E-state index in [-0.39, 0.29) is 29.5 Å². The molecule has 0 aromatic heterocycles. The summed E-state index contributed by atoms with van der Waals surface area (Å²) >= 11 is 0. The summed E-state index contributed by atoms with van der Waals surface area (Å²) in [5, 5.41) is 3.28. The van der Waals surface area contributed by atoms with E-state index in [1.54, 1.807) is 12.0 Å². The van der Waals surface area contributed by atoms with Crippen LogP contribution in [-0.4, -0.2) is 69.7 Å². The number of morpholine rings is 1. The van der Waals surface area contributed by atoms with E-state index in [1.807, 2.05) is 24.3 Å². The number of sulfone groups is 1. The highest BCUT2D eigenvalue weighted by atomic mass is 32.2. The molecule has 1 aromatic rings. The summed E-state index contributed by atoms with van der Waals surface area (Å²) in [6.07, 6.45) is 0.811. The number of nitrogens with one attached hydrogen (secondary N) is 1. The second-order valence-electron chi connectivity index (χ2n) is 6.86. The Morgan fingerprint density at radius 3 is 2.69 bits per heavy atom. The predicted octanol–water partition coefficient (Wildman–Crippen LogP) is 0.589. The number of amides is 1. The smallest absolute Gasteiger partial charge is 0.224 e. The first-order chi connectivity index (χ1) is 12.5. The molecule has 7 nitrogen and oxygen atoms in total. The van der Waals surface area contributed by atoms with Crippen LogP contribution in [0.3, 0.4) is 0 Å². The third kappa shape index (κ3) is 4.96. The molecule has 0 aliphatic carbocycles. The quantitative estimate of drug-likeness (QED) is 0.775. The van der Waals surface area contributed by atoms with Gasteiger partial charge in [0.25, 0.3) is 0 Å². The highest BCUT2D eigenvalue weighted by molar-refractivity contribution is 7.91. The molecule has 144 valence electrons. The number of hydrogen-bond donors (Lipinski definition) is 1. The van der Waals surface area contributed by atoms with Gasteiger partial charge in [-0.25, -0.2) is 8.42 Å². The van der Waals surface area contributed by atoms with Gasteiger partial charge in [-0.05, 0) is 24.1 Å². The first-order valence-electron chi connectivity index (χ1n) is 8.91. The molecular weight excluding hydrogens is 356 g/mol. The van der Waals surface area contributed by atoms with E-state index in [4.69, 9.17) is 9.47 Å². The lowest BCUT2D eigenvalue weighted by molar-refractivity contribution is -0.135. The number of methoxy groups -OCH3 is 1. The largest absolute Gasteiger partial charge is 0.497 e. The topological polar surface area (TPSA) is 84.9 Å². The molecule has 0 bridgehead atoms. The van der Waals surface area contributed by atoms with Crippen LogP contribution in [0.2, 0.25) is 0 Å². The van der Waals surface area contributed by atoms with Gasteiger partial charge >= 0.3 is 0 Å². The van der Waals surface area contributed by atoms with Crippen molar-refractivity contribution in [2.45, 2.75) is 31.5 Å². The zero-order valence-electron chi connectivity index (χ0n) is 15.0. The first-order valence-corrected chi connectivity index (χ1v) is 10.7. The Kier molecular flexibility index (Phi) is 6.16. The Morgan fingerprint density at radius 2 is 2.12 bits per heavy atom. The molecule has 3 rings (SSSR count). The van der Waals surface area contributed by atoms with Gasteiger partial charge in [-0.2, -0.15) is 0 Å². The molecule has 2 heterocycles. The van der Waals surface area contributed by atoms with Crippen molar-refractivity contribution >= 4 is 15.7 Å². The molecule has 8 heteroatoms. The number of hydrogen-bond acceptors (Lipinski definition) is 6. The second kappa shape index (κ2) is 8.37. The van der Waals surface area contributed by atoms with Crippen LogP contribution in [0.25, 0.3) is 0 Å². The summed E-state index contributed by atoms with van der Waals surface area (Å²) in [6, 6.07) is 7.22. The van der Waals surface area contributed by atoms with Gasteiger partial charge in [-0.1, -0.05) is 12.1 Å². The fourth-order valence-corrected chi connectivity index (χ4v) is 5.18. The summed E-state index contributed by atoms with van der Waals surface area (Å²) < 4.78 is 34.4. The van der Waals surface area contributed by atoms with Crippen molar-refractivity contribution in [2.24, 2.45) is 0 Å². The molecule has 2 fully saturated rings. The van der Waals surface area contributed by atoms with E-state index >= 15 is 0 Å². The lowest BCUT2D eigenvalue weighted by Crippen LogP contribution is -2.47. The number of carbonyl (C=O) groups excluding carboxylic acids is 1. The molecule has 1 amide bonds. The third-order valence-corrected chi connectivity index (χ3v) is 6.65. The number of benzene rings is 1. The standard InChI is InChI=1S/C18H26N2O5S/c1-24-17-4-2-14(3-5-17)11-20(16-6-9-26(22,23)13-16)18(21)10-15-12-25-8-7-19-15/h2-5,15-16,19H,6-13H2,1H3. The normalized spacial score (nSPS) is 25.0. The maximum Gasteiger partial charge on any atom is 0.224 e. The summed E-state index contributed by atoms with van der Waals surface area (Å²) in [5.74, 6) is 0.905. The van der Waals surface area contributed by atoms with E-state index in [0.717, 1.165) is 17.9 Å². The molecule has 0 radical (unpaired) electrons. The second-order valence-corrected chi connectivity index (χ2v) is 9.09. The average molecular weight is 382 g/mol. The first kappa shape index (κ1) is 19.1. The minimum atomic E-state index is -3.06. The molecular formula is C18H26N2O5S. The molecule has 2 atom stereocenters. The lowest BCUT2D eigenvalue weighted by Gasteiger charge is -2.31. The van der Waals surface area contributed by atoms with Crippen LogP contribution in [0.5, 0.6) is 5.75 Å².